The van der Waals surface area contributed by atoms with Crippen molar-refractivity contribution in [3.05, 3.63) is 75.4 Å². The molecule has 1 heterocycles. The van der Waals surface area contributed by atoms with Gasteiger partial charge in [0.2, 0.25) is 0 Å². The van der Waals surface area contributed by atoms with E-state index in [2.05, 4.69) is 4.98 Å². The lowest BCUT2D eigenvalue weighted by molar-refractivity contribution is -0.156. The third kappa shape index (κ3) is 5.42. The Morgan fingerprint density at radius 3 is 2.43 bits per heavy atom. The highest BCUT2D eigenvalue weighted by Crippen LogP contribution is 2.41. The van der Waals surface area contributed by atoms with Gasteiger partial charge in [-0.2, -0.15) is 26.3 Å². The number of carbonyl (C=O) groups is 1. The SMILES string of the molecule is CCOC(=C1CC1)c1cc2cc(C(=O)NC(c3cccc(C(F)(F)F)c3)C(F)(F)F)[nH]c2cc1Cl. The zero-order valence-corrected chi connectivity index (χ0v) is 19.0. The molecule has 1 aliphatic carbocycles. The lowest BCUT2D eigenvalue weighted by Crippen LogP contribution is -2.38. The summed E-state index contributed by atoms with van der Waals surface area (Å²) in [6, 6.07) is 4.69. The molecule has 0 aliphatic heterocycles. The van der Waals surface area contributed by atoms with Crippen LogP contribution >= 0.6 is 11.6 Å². The van der Waals surface area contributed by atoms with Gasteiger partial charge in [-0.25, -0.2) is 0 Å². The summed E-state index contributed by atoms with van der Waals surface area (Å²) in [7, 11) is 0. The summed E-state index contributed by atoms with van der Waals surface area (Å²) >= 11 is 6.39. The zero-order chi connectivity index (χ0) is 25.5. The summed E-state index contributed by atoms with van der Waals surface area (Å²) in [5.74, 6) is -0.488. The molecule has 0 radical (unpaired) electrons. The molecule has 2 aromatic carbocycles. The largest absolute Gasteiger partial charge is 0.493 e. The zero-order valence-electron chi connectivity index (χ0n) is 18.2. The number of aromatic nitrogens is 1. The molecule has 4 rings (SSSR count). The summed E-state index contributed by atoms with van der Waals surface area (Å²) in [4.78, 5) is 15.4. The van der Waals surface area contributed by atoms with E-state index in [0.29, 0.717) is 46.0 Å². The van der Waals surface area contributed by atoms with Crippen molar-refractivity contribution in [2.24, 2.45) is 0 Å². The first-order valence-electron chi connectivity index (χ1n) is 10.6. The van der Waals surface area contributed by atoms with Gasteiger partial charge in [-0.15, -0.1) is 0 Å². The fourth-order valence-electron chi connectivity index (χ4n) is 3.71. The standard InChI is InChI=1S/C24H19ClF6N2O2/c1-2-35-20(12-6-7-12)16-9-14-10-19(32-18(14)11-17(16)25)22(34)33-21(24(29,30)31)13-4-3-5-15(8-13)23(26,27)28/h3-5,8-11,21,32H,2,6-7H2,1H3,(H,33,34). The molecule has 1 saturated carbocycles. The maximum atomic E-state index is 13.7. The molecule has 1 fully saturated rings. The Morgan fingerprint density at radius 1 is 1.11 bits per heavy atom. The van der Waals surface area contributed by atoms with Crippen LogP contribution in [-0.2, 0) is 10.9 Å². The van der Waals surface area contributed by atoms with Gasteiger partial charge in [0.05, 0.1) is 17.2 Å². The van der Waals surface area contributed by atoms with Crippen molar-refractivity contribution in [3.63, 3.8) is 0 Å². The third-order valence-electron chi connectivity index (χ3n) is 5.46. The first kappa shape index (κ1) is 25.0. The van der Waals surface area contributed by atoms with Gasteiger partial charge in [0, 0.05) is 16.5 Å². The third-order valence-corrected chi connectivity index (χ3v) is 5.77. The minimum atomic E-state index is -5.04. The first-order chi connectivity index (χ1) is 16.4. The number of nitrogens with one attached hydrogen (secondary N) is 2. The fraction of sp³-hybridized carbons (Fsp3) is 0.292. The minimum Gasteiger partial charge on any atom is -0.493 e. The first-order valence-corrected chi connectivity index (χ1v) is 11.0. The Bertz CT molecular complexity index is 1300. The van der Waals surface area contributed by atoms with Crippen LogP contribution in [0, 0.1) is 0 Å². The number of benzene rings is 2. The second kappa shape index (κ2) is 9.14. The van der Waals surface area contributed by atoms with Crippen LogP contribution in [0.4, 0.5) is 26.3 Å². The predicted octanol–water partition coefficient (Wildman–Crippen LogP) is 7.41. The highest BCUT2D eigenvalue weighted by atomic mass is 35.5. The van der Waals surface area contributed by atoms with E-state index >= 15 is 0 Å². The van der Waals surface area contributed by atoms with Crippen LogP contribution in [0.25, 0.3) is 16.7 Å². The molecule has 0 bridgehead atoms. The molecule has 1 atom stereocenters. The van der Waals surface area contributed by atoms with Crippen molar-refractivity contribution < 1.29 is 35.9 Å². The summed E-state index contributed by atoms with van der Waals surface area (Å²) < 4.78 is 85.9. The van der Waals surface area contributed by atoms with E-state index in [0.717, 1.165) is 30.5 Å². The number of alkyl halides is 6. The lowest BCUT2D eigenvalue weighted by Gasteiger charge is -2.22. The number of allylic oxidation sites excluding steroid dienone is 1. The number of hydrogen-bond donors (Lipinski definition) is 2. The summed E-state index contributed by atoms with van der Waals surface area (Å²) in [5.41, 5.74) is -0.0809. The van der Waals surface area contributed by atoms with Crippen molar-refractivity contribution in [2.45, 2.75) is 38.2 Å². The van der Waals surface area contributed by atoms with Crippen molar-refractivity contribution >= 4 is 34.2 Å². The monoisotopic (exact) mass is 516 g/mol. The quantitative estimate of drug-likeness (QED) is 0.265. The smallest absolute Gasteiger partial charge is 0.416 e. The summed E-state index contributed by atoms with van der Waals surface area (Å²) in [6.07, 6.45) is -8.12. The van der Waals surface area contributed by atoms with Gasteiger partial charge in [-0.3, -0.25) is 4.79 Å². The van der Waals surface area contributed by atoms with Gasteiger partial charge in [-0.1, -0.05) is 23.7 Å². The molecule has 1 unspecified atom stereocenters. The van der Waals surface area contributed by atoms with Crippen LogP contribution in [0.5, 0.6) is 0 Å². The lowest BCUT2D eigenvalue weighted by atomic mass is 10.0. The molecule has 186 valence electrons. The number of amides is 1. The van der Waals surface area contributed by atoms with Crippen LogP contribution in [0.3, 0.4) is 0 Å². The van der Waals surface area contributed by atoms with Crippen molar-refractivity contribution in [1.29, 1.82) is 0 Å². The molecule has 2 N–H and O–H groups in total. The van der Waals surface area contributed by atoms with Crippen molar-refractivity contribution in [1.82, 2.24) is 10.3 Å². The molecule has 0 saturated heterocycles. The van der Waals surface area contributed by atoms with Crippen LogP contribution in [0.1, 0.15) is 53.0 Å². The van der Waals surface area contributed by atoms with Crippen molar-refractivity contribution in [2.75, 3.05) is 6.61 Å². The van der Waals surface area contributed by atoms with E-state index in [9.17, 15) is 31.1 Å². The van der Waals surface area contributed by atoms with E-state index < -0.39 is 35.4 Å². The molecular formula is C24H19ClF6N2O2. The Balaban J connectivity index is 1.66. The van der Waals surface area contributed by atoms with Gasteiger partial charge in [-0.05, 0) is 61.2 Å². The van der Waals surface area contributed by atoms with E-state index in [1.165, 1.54) is 6.07 Å². The normalized spacial score (nSPS) is 14.7. The highest BCUT2D eigenvalue weighted by Gasteiger charge is 2.43. The van der Waals surface area contributed by atoms with Gasteiger partial charge in [0.15, 0.2) is 6.04 Å². The van der Waals surface area contributed by atoms with Crippen molar-refractivity contribution in [3.8, 4) is 0 Å². The number of ether oxygens (including phenoxy) is 1. The average Bonchev–Trinajstić information content (AvgIpc) is 3.53. The summed E-state index contributed by atoms with van der Waals surface area (Å²) in [6.45, 7) is 2.25. The molecule has 35 heavy (non-hydrogen) atoms. The van der Waals surface area contributed by atoms with E-state index in [1.54, 1.807) is 17.4 Å². The van der Waals surface area contributed by atoms with Crippen LogP contribution in [0.15, 0.2) is 48.0 Å². The topological polar surface area (TPSA) is 54.1 Å². The minimum absolute atomic E-state index is 0.202. The Labute approximate surface area is 200 Å². The maximum absolute atomic E-state index is 13.7. The second-order valence-electron chi connectivity index (χ2n) is 8.04. The Kier molecular flexibility index (Phi) is 6.52. The summed E-state index contributed by atoms with van der Waals surface area (Å²) in [5, 5.41) is 2.65. The van der Waals surface area contributed by atoms with E-state index in [1.807, 2.05) is 6.92 Å². The number of H-pyrrole nitrogens is 1. The number of fused-ring (bicyclic) bond motifs is 1. The van der Waals surface area contributed by atoms with Gasteiger partial charge < -0.3 is 15.0 Å². The van der Waals surface area contributed by atoms with Gasteiger partial charge in [0.25, 0.3) is 5.91 Å². The van der Waals surface area contributed by atoms with Crippen LogP contribution in [0.2, 0.25) is 5.02 Å². The Morgan fingerprint density at radius 2 is 1.83 bits per heavy atom. The van der Waals surface area contributed by atoms with E-state index in [-0.39, 0.29) is 5.69 Å². The molecule has 3 aromatic rings. The Hall–Kier alpha value is -3.14. The highest BCUT2D eigenvalue weighted by molar-refractivity contribution is 6.33. The fourth-order valence-corrected chi connectivity index (χ4v) is 3.96. The number of carbonyl (C=O) groups excluding carboxylic acids is 1. The van der Waals surface area contributed by atoms with Crippen LogP contribution in [-0.4, -0.2) is 23.7 Å². The molecule has 1 aromatic heterocycles. The van der Waals surface area contributed by atoms with Gasteiger partial charge in [0.1, 0.15) is 11.5 Å². The predicted molar refractivity (Wildman–Crippen MR) is 119 cm³/mol. The molecular weight excluding hydrogens is 498 g/mol. The van der Waals surface area contributed by atoms with Crippen LogP contribution < -0.4 is 5.32 Å². The maximum Gasteiger partial charge on any atom is 0.416 e. The number of halogens is 7. The number of aromatic amines is 1. The average molecular weight is 517 g/mol. The molecule has 11 heteroatoms. The second-order valence-corrected chi connectivity index (χ2v) is 8.45. The number of rotatable bonds is 6. The number of hydrogen-bond acceptors (Lipinski definition) is 2. The molecule has 4 nitrogen and oxygen atoms in total. The molecule has 0 spiro atoms. The molecule has 1 aliphatic rings. The van der Waals surface area contributed by atoms with Gasteiger partial charge >= 0.3 is 12.4 Å². The molecule has 1 amide bonds. The van der Waals surface area contributed by atoms with E-state index in [4.69, 9.17) is 16.3 Å².